The number of aryl methyl sites for hydroxylation is 1. The molecule has 1 unspecified atom stereocenters. The van der Waals surface area contributed by atoms with Crippen LogP contribution in [0.25, 0.3) is 0 Å². The Morgan fingerprint density at radius 1 is 1.45 bits per heavy atom. The van der Waals surface area contributed by atoms with Gasteiger partial charge in [-0.1, -0.05) is 12.1 Å². The summed E-state index contributed by atoms with van der Waals surface area (Å²) in [5.74, 6) is 0.491. The highest BCUT2D eigenvalue weighted by atomic mass is 16.6. The van der Waals surface area contributed by atoms with E-state index < -0.39 is 11.7 Å². The quantitative estimate of drug-likeness (QED) is 0.871. The average molecular weight is 277 g/mol. The monoisotopic (exact) mass is 277 g/mol. The Labute approximate surface area is 120 Å². The third-order valence-corrected chi connectivity index (χ3v) is 3.47. The zero-order valence-corrected chi connectivity index (χ0v) is 12.4. The predicted molar refractivity (Wildman–Crippen MR) is 78.0 cm³/mol. The van der Waals surface area contributed by atoms with E-state index in [1.807, 2.05) is 26.8 Å². The lowest BCUT2D eigenvalue weighted by Gasteiger charge is -2.27. The molecule has 0 aromatic heterocycles. The number of nitrogens with one attached hydrogen (secondary N) is 1. The largest absolute Gasteiger partial charge is 0.508 e. The van der Waals surface area contributed by atoms with Crippen molar-refractivity contribution in [2.75, 3.05) is 6.54 Å². The molecule has 4 nitrogen and oxygen atoms in total. The van der Waals surface area contributed by atoms with E-state index in [0.717, 1.165) is 24.8 Å². The van der Waals surface area contributed by atoms with Crippen molar-refractivity contribution in [2.45, 2.75) is 51.6 Å². The second kappa shape index (κ2) is 5.73. The van der Waals surface area contributed by atoms with Crippen LogP contribution in [0.2, 0.25) is 0 Å². The van der Waals surface area contributed by atoms with Crippen molar-refractivity contribution in [3.05, 3.63) is 29.3 Å². The first-order valence-electron chi connectivity index (χ1n) is 7.14. The molecule has 1 amide bonds. The van der Waals surface area contributed by atoms with Gasteiger partial charge < -0.3 is 15.2 Å². The highest BCUT2D eigenvalue weighted by Crippen LogP contribution is 2.36. The average Bonchev–Trinajstić information content (AvgIpc) is 2.34. The van der Waals surface area contributed by atoms with Gasteiger partial charge in [0.25, 0.3) is 0 Å². The predicted octanol–water partition coefficient (Wildman–Crippen LogP) is 3.34. The number of carbonyl (C=O) groups is 1. The number of amides is 1. The smallest absolute Gasteiger partial charge is 0.407 e. The van der Waals surface area contributed by atoms with Gasteiger partial charge >= 0.3 is 6.09 Å². The molecule has 0 aliphatic heterocycles. The standard InChI is InChI=1S/C16H23NO3/c1-16(2,3)20-15(19)17-10-12-8-4-6-11-7-5-9-13(18)14(11)12/h5,7,9,12,18H,4,6,8,10H2,1-3H3,(H,17,19). The number of phenolic OH excluding ortho intramolecular Hbond substituents is 1. The topological polar surface area (TPSA) is 58.6 Å². The van der Waals surface area contributed by atoms with Crippen molar-refractivity contribution in [2.24, 2.45) is 0 Å². The van der Waals surface area contributed by atoms with Gasteiger partial charge in [0.15, 0.2) is 0 Å². The van der Waals surface area contributed by atoms with E-state index in [1.165, 1.54) is 5.56 Å². The zero-order chi connectivity index (χ0) is 14.8. The van der Waals surface area contributed by atoms with Crippen LogP contribution in [-0.4, -0.2) is 23.3 Å². The van der Waals surface area contributed by atoms with Crippen LogP contribution >= 0.6 is 0 Å². The minimum Gasteiger partial charge on any atom is -0.508 e. The van der Waals surface area contributed by atoms with E-state index in [-0.39, 0.29) is 5.92 Å². The lowest BCUT2D eigenvalue weighted by atomic mass is 9.82. The summed E-state index contributed by atoms with van der Waals surface area (Å²) < 4.78 is 5.23. The summed E-state index contributed by atoms with van der Waals surface area (Å²) in [6.07, 6.45) is 2.64. The molecular formula is C16H23NO3. The first-order valence-corrected chi connectivity index (χ1v) is 7.14. The molecule has 2 N–H and O–H groups in total. The Balaban J connectivity index is 2.01. The molecule has 0 saturated carbocycles. The molecule has 1 atom stereocenters. The maximum Gasteiger partial charge on any atom is 0.407 e. The van der Waals surface area contributed by atoms with Gasteiger partial charge in [0.05, 0.1) is 0 Å². The Bertz CT molecular complexity index is 491. The number of phenols is 1. The maximum atomic E-state index is 11.7. The van der Waals surface area contributed by atoms with E-state index >= 15 is 0 Å². The Kier molecular flexibility index (Phi) is 4.21. The second-order valence-electron chi connectivity index (χ2n) is 6.32. The maximum absolute atomic E-state index is 11.7. The highest BCUT2D eigenvalue weighted by Gasteiger charge is 2.24. The minimum atomic E-state index is -0.489. The Hall–Kier alpha value is -1.71. The van der Waals surface area contributed by atoms with Gasteiger partial charge in [-0.2, -0.15) is 0 Å². The SMILES string of the molecule is CC(C)(C)OC(=O)NCC1CCCc2cccc(O)c21. The van der Waals surface area contributed by atoms with E-state index in [2.05, 4.69) is 11.4 Å². The van der Waals surface area contributed by atoms with Gasteiger partial charge in [-0.25, -0.2) is 4.79 Å². The summed E-state index contributed by atoms with van der Waals surface area (Å²) in [4.78, 5) is 11.7. The van der Waals surface area contributed by atoms with Gasteiger partial charge in [0.1, 0.15) is 11.4 Å². The number of fused-ring (bicyclic) bond motifs is 1. The fraction of sp³-hybridized carbons (Fsp3) is 0.562. The van der Waals surface area contributed by atoms with E-state index in [1.54, 1.807) is 6.07 Å². The van der Waals surface area contributed by atoms with E-state index in [0.29, 0.717) is 12.3 Å². The molecule has 0 fully saturated rings. The highest BCUT2D eigenvalue weighted by molar-refractivity contribution is 5.67. The zero-order valence-electron chi connectivity index (χ0n) is 12.4. The number of rotatable bonds is 2. The summed E-state index contributed by atoms with van der Waals surface area (Å²) in [6, 6.07) is 5.64. The van der Waals surface area contributed by atoms with Gasteiger partial charge in [0.2, 0.25) is 0 Å². The fourth-order valence-corrected chi connectivity index (χ4v) is 2.70. The van der Waals surface area contributed by atoms with Gasteiger partial charge in [0, 0.05) is 18.0 Å². The van der Waals surface area contributed by atoms with Crippen LogP contribution in [-0.2, 0) is 11.2 Å². The van der Waals surface area contributed by atoms with Crippen molar-refractivity contribution in [3.63, 3.8) is 0 Å². The van der Waals surface area contributed by atoms with E-state index in [4.69, 9.17) is 4.74 Å². The van der Waals surface area contributed by atoms with Crippen molar-refractivity contribution in [1.29, 1.82) is 0 Å². The third kappa shape index (κ3) is 3.65. The number of carbonyl (C=O) groups excluding carboxylic acids is 1. The molecule has 0 heterocycles. The van der Waals surface area contributed by atoms with Crippen LogP contribution in [0.1, 0.15) is 50.7 Å². The minimum absolute atomic E-state index is 0.160. The summed E-state index contributed by atoms with van der Waals surface area (Å²) in [5.41, 5.74) is 1.68. The van der Waals surface area contributed by atoms with Crippen molar-refractivity contribution in [3.8, 4) is 5.75 Å². The van der Waals surface area contributed by atoms with Crippen LogP contribution in [0.15, 0.2) is 18.2 Å². The summed E-state index contributed by atoms with van der Waals surface area (Å²) in [6.45, 7) is 6.02. The molecule has 2 rings (SSSR count). The van der Waals surface area contributed by atoms with Gasteiger partial charge in [-0.3, -0.25) is 0 Å². The van der Waals surface area contributed by atoms with Gasteiger partial charge in [-0.15, -0.1) is 0 Å². The van der Waals surface area contributed by atoms with Crippen LogP contribution in [0.3, 0.4) is 0 Å². The second-order valence-corrected chi connectivity index (χ2v) is 6.32. The van der Waals surface area contributed by atoms with Crippen LogP contribution in [0, 0.1) is 0 Å². The number of hydrogen-bond acceptors (Lipinski definition) is 3. The summed E-state index contributed by atoms with van der Waals surface area (Å²) in [5, 5.41) is 12.8. The van der Waals surface area contributed by atoms with Crippen molar-refractivity contribution >= 4 is 6.09 Å². The fourth-order valence-electron chi connectivity index (χ4n) is 2.70. The van der Waals surface area contributed by atoms with Gasteiger partial charge in [-0.05, 0) is 51.7 Å². The molecular weight excluding hydrogens is 254 g/mol. The first kappa shape index (κ1) is 14.7. The molecule has 1 aromatic carbocycles. The molecule has 0 bridgehead atoms. The van der Waals surface area contributed by atoms with Crippen LogP contribution < -0.4 is 5.32 Å². The lowest BCUT2D eigenvalue weighted by molar-refractivity contribution is 0.0523. The first-order chi connectivity index (χ1) is 9.37. The number of hydrogen-bond donors (Lipinski definition) is 2. The number of alkyl carbamates (subject to hydrolysis) is 1. The summed E-state index contributed by atoms with van der Waals surface area (Å²) in [7, 11) is 0. The molecule has 20 heavy (non-hydrogen) atoms. The molecule has 4 heteroatoms. The molecule has 1 aliphatic rings. The molecule has 110 valence electrons. The molecule has 0 spiro atoms. The summed E-state index contributed by atoms with van der Waals surface area (Å²) >= 11 is 0. The lowest BCUT2D eigenvalue weighted by Crippen LogP contribution is -2.35. The Morgan fingerprint density at radius 2 is 2.20 bits per heavy atom. The third-order valence-electron chi connectivity index (χ3n) is 3.47. The molecule has 0 saturated heterocycles. The van der Waals surface area contributed by atoms with E-state index in [9.17, 15) is 9.90 Å². The molecule has 0 radical (unpaired) electrons. The Morgan fingerprint density at radius 3 is 2.90 bits per heavy atom. The number of ether oxygens (including phenoxy) is 1. The van der Waals surface area contributed by atoms with Crippen molar-refractivity contribution < 1.29 is 14.6 Å². The number of aromatic hydroxyl groups is 1. The number of benzene rings is 1. The van der Waals surface area contributed by atoms with Crippen molar-refractivity contribution in [1.82, 2.24) is 5.32 Å². The normalized spacial score (nSPS) is 18.2. The van der Waals surface area contributed by atoms with Crippen LogP contribution in [0.4, 0.5) is 4.79 Å². The molecule has 1 aromatic rings. The van der Waals surface area contributed by atoms with Crippen LogP contribution in [0.5, 0.6) is 5.75 Å². The molecule has 1 aliphatic carbocycles.